The number of carbonyl (C=O) groups is 5. The van der Waals surface area contributed by atoms with Crippen molar-refractivity contribution in [3.8, 4) is 0 Å². The first-order valence-corrected chi connectivity index (χ1v) is 23.9. The number of rotatable bonds is 10. The van der Waals surface area contributed by atoms with Gasteiger partial charge in [0.2, 0.25) is 17.8 Å². The minimum atomic E-state index is -0.612. The molecule has 5 amide bonds. The van der Waals surface area contributed by atoms with E-state index in [0.29, 0.717) is 86.2 Å². The predicted molar refractivity (Wildman–Crippen MR) is 252 cm³/mol. The van der Waals surface area contributed by atoms with Gasteiger partial charge in [0.1, 0.15) is 17.5 Å². The molecular weight excluding hydrogens is 855 g/mol. The summed E-state index contributed by atoms with van der Waals surface area (Å²) in [6.45, 7) is 15.0. The molecule has 5 fully saturated rings. The van der Waals surface area contributed by atoms with Crippen molar-refractivity contribution >= 4 is 63.7 Å². The Kier molecular flexibility index (Phi) is 12.4. The van der Waals surface area contributed by atoms with Crippen LogP contribution < -0.4 is 26.0 Å². The number of hydrogen-bond acceptors (Lipinski definition) is 14. The molecule has 19 nitrogen and oxygen atoms in total. The monoisotopic (exact) mass is 913 g/mol. The lowest BCUT2D eigenvalue weighted by Crippen LogP contribution is -2.57. The van der Waals surface area contributed by atoms with Crippen molar-refractivity contribution < 1.29 is 24.0 Å². The smallest absolute Gasteiger partial charge is 0.320 e. The van der Waals surface area contributed by atoms with Crippen LogP contribution in [0, 0.1) is 6.92 Å². The lowest BCUT2D eigenvalue weighted by Gasteiger charge is -2.41. The van der Waals surface area contributed by atoms with Gasteiger partial charge >= 0.3 is 6.03 Å². The lowest BCUT2D eigenvalue weighted by atomic mass is 10.0. The second kappa shape index (κ2) is 18.7. The van der Waals surface area contributed by atoms with E-state index < -0.39 is 11.9 Å². The van der Waals surface area contributed by atoms with Gasteiger partial charge in [0.25, 0.3) is 11.5 Å². The highest BCUT2D eigenvalue weighted by Crippen LogP contribution is 2.33. The van der Waals surface area contributed by atoms with Crippen molar-refractivity contribution in [2.75, 3.05) is 107 Å². The normalized spacial score (nSPS) is 21.1. The minimum absolute atomic E-state index is 0.00157. The third kappa shape index (κ3) is 8.93. The molecule has 1 atom stereocenters. The van der Waals surface area contributed by atoms with Crippen LogP contribution in [0.3, 0.4) is 0 Å². The second-order valence-electron chi connectivity index (χ2n) is 18.8. The molecule has 10 rings (SSSR count). The third-order valence-corrected chi connectivity index (χ3v) is 14.8. The first-order valence-electron chi connectivity index (χ1n) is 23.9. The zero-order valence-electron chi connectivity index (χ0n) is 38.4. The van der Waals surface area contributed by atoms with Gasteiger partial charge in [0.05, 0.1) is 17.4 Å². The van der Waals surface area contributed by atoms with Crippen LogP contribution in [0.1, 0.15) is 83.3 Å². The number of anilines is 4. The summed E-state index contributed by atoms with van der Waals surface area (Å²) in [5.74, 6) is -0.178. The van der Waals surface area contributed by atoms with Gasteiger partial charge < -0.3 is 29.8 Å². The Bertz CT molecular complexity index is 2640. The Hall–Kier alpha value is -6.47. The number of nitrogens with zero attached hydrogens (tertiary/aromatic N) is 11. The van der Waals surface area contributed by atoms with Gasteiger partial charge in [-0.3, -0.25) is 43.7 Å². The van der Waals surface area contributed by atoms with Crippen molar-refractivity contribution in [3.63, 3.8) is 0 Å². The van der Waals surface area contributed by atoms with Crippen LogP contribution in [-0.2, 0) is 16.1 Å². The Labute approximate surface area is 389 Å². The molecule has 0 radical (unpaired) electrons. The summed E-state index contributed by atoms with van der Waals surface area (Å²) in [6.07, 6.45) is 7.91. The number of imide groups is 1. The molecule has 1 unspecified atom stereocenters. The number of hydrogen-bond donors (Lipinski definition) is 2. The van der Waals surface area contributed by atoms with Gasteiger partial charge in [-0.15, -0.1) is 0 Å². The van der Waals surface area contributed by atoms with E-state index in [1.165, 1.54) is 6.92 Å². The SMILES string of the molecule is CC(=O)c1c(C)c2cnc(Nc3ccc(N4CCN(C(=O)N5CCN(CCN6CCN(c7ccc8c(c7)CN(C7CCC(=O)NC7=O)C8=O)CC6)CC5)CC4)cn3)nc2n(C2CCCC2)c1=O. The Morgan fingerprint density at radius 1 is 0.761 bits per heavy atom. The fourth-order valence-electron chi connectivity index (χ4n) is 10.9. The highest BCUT2D eigenvalue weighted by atomic mass is 16.2. The Balaban J connectivity index is 0.654. The van der Waals surface area contributed by atoms with E-state index in [4.69, 9.17) is 4.98 Å². The molecule has 8 heterocycles. The molecular formula is C48H59N13O6. The maximum atomic E-state index is 13.6. The van der Waals surface area contributed by atoms with Crippen LogP contribution in [0.2, 0.25) is 0 Å². The maximum absolute atomic E-state index is 13.6. The highest BCUT2D eigenvalue weighted by molar-refractivity contribution is 6.05. The molecule has 1 saturated carbocycles. The summed E-state index contributed by atoms with van der Waals surface area (Å²) < 4.78 is 1.71. The van der Waals surface area contributed by atoms with E-state index in [1.54, 1.807) is 22.6 Å². The third-order valence-electron chi connectivity index (χ3n) is 14.8. The van der Waals surface area contributed by atoms with Crippen molar-refractivity contribution in [3.05, 3.63) is 75.3 Å². The molecule has 67 heavy (non-hydrogen) atoms. The molecule has 1 aromatic carbocycles. The number of amides is 5. The number of piperazine rings is 3. The van der Waals surface area contributed by atoms with Crippen LogP contribution in [-0.4, -0.2) is 171 Å². The number of nitrogens with one attached hydrogen (secondary N) is 2. The molecule has 3 aromatic heterocycles. The summed E-state index contributed by atoms with van der Waals surface area (Å²) >= 11 is 0. The quantitative estimate of drug-likeness (QED) is 0.174. The number of aryl methyl sites for hydroxylation is 1. The van der Waals surface area contributed by atoms with Crippen LogP contribution in [0.25, 0.3) is 11.0 Å². The Morgan fingerprint density at radius 3 is 2.06 bits per heavy atom. The average molecular weight is 914 g/mol. The molecule has 2 N–H and O–H groups in total. The standard InChI is InChI=1S/C48H59N13O6/c1-31-38-29-50-47(53-43(38)61(34-5-3-4-6-34)46(66)42(31)32(2)62)51-40-11-8-36(28-49-40)57-23-25-59(26-24-57)48(67)58-21-17-55(18-22-58)14-13-54-15-19-56(20-16-54)35-7-9-37-33(27-35)30-60(45(37)65)39-10-12-41(63)52-44(39)64/h7-9,11,27-29,34,39H,3-6,10,12-26,30H2,1-2H3,(H,52,63,64)(H,49,50,51,53). The van der Waals surface area contributed by atoms with Crippen molar-refractivity contribution in [1.82, 2.24) is 49.3 Å². The van der Waals surface area contributed by atoms with E-state index in [-0.39, 0.29) is 47.2 Å². The molecule has 5 aliphatic heterocycles. The van der Waals surface area contributed by atoms with E-state index in [0.717, 1.165) is 95.0 Å². The van der Waals surface area contributed by atoms with E-state index in [2.05, 4.69) is 46.3 Å². The predicted octanol–water partition coefficient (Wildman–Crippen LogP) is 3.00. The summed E-state index contributed by atoms with van der Waals surface area (Å²) in [6, 6.07) is 9.35. The zero-order valence-corrected chi connectivity index (χ0v) is 38.4. The zero-order chi connectivity index (χ0) is 46.3. The van der Waals surface area contributed by atoms with Crippen LogP contribution >= 0.6 is 0 Å². The van der Waals surface area contributed by atoms with Crippen LogP contribution in [0.5, 0.6) is 0 Å². The minimum Gasteiger partial charge on any atom is -0.369 e. The van der Waals surface area contributed by atoms with E-state index >= 15 is 0 Å². The molecule has 4 aromatic rings. The van der Waals surface area contributed by atoms with Gasteiger partial charge in [-0.05, 0) is 74.6 Å². The molecule has 19 heteroatoms. The van der Waals surface area contributed by atoms with Gasteiger partial charge in [-0.25, -0.2) is 14.8 Å². The van der Waals surface area contributed by atoms with Crippen molar-refractivity contribution in [1.29, 1.82) is 0 Å². The van der Waals surface area contributed by atoms with E-state index in [1.807, 2.05) is 40.3 Å². The number of fused-ring (bicyclic) bond motifs is 2. The molecule has 1 aliphatic carbocycles. The maximum Gasteiger partial charge on any atom is 0.320 e. The summed E-state index contributed by atoms with van der Waals surface area (Å²) in [5, 5.41) is 6.28. The fraction of sp³-hybridized carbons (Fsp3) is 0.521. The Morgan fingerprint density at radius 2 is 1.40 bits per heavy atom. The number of aromatic nitrogens is 4. The number of benzene rings is 1. The van der Waals surface area contributed by atoms with E-state index in [9.17, 15) is 28.8 Å². The first-order chi connectivity index (χ1) is 32.5. The number of urea groups is 1. The molecule has 6 aliphatic rings. The summed E-state index contributed by atoms with van der Waals surface area (Å²) in [5.41, 5.74) is 4.68. The van der Waals surface area contributed by atoms with Gasteiger partial charge in [0, 0.05) is 133 Å². The van der Waals surface area contributed by atoms with Crippen molar-refractivity contribution in [2.45, 2.75) is 71.0 Å². The lowest BCUT2D eigenvalue weighted by molar-refractivity contribution is -0.136. The first kappa shape index (κ1) is 44.4. The molecule has 0 bridgehead atoms. The van der Waals surface area contributed by atoms with Crippen molar-refractivity contribution in [2.24, 2.45) is 0 Å². The molecule has 4 saturated heterocycles. The number of ketones is 1. The van der Waals surface area contributed by atoms with Crippen LogP contribution in [0.15, 0.2) is 47.5 Å². The molecule has 352 valence electrons. The topological polar surface area (TPSA) is 193 Å². The number of carbonyl (C=O) groups excluding carboxylic acids is 5. The highest BCUT2D eigenvalue weighted by Gasteiger charge is 2.39. The van der Waals surface area contributed by atoms with Gasteiger partial charge in [0.15, 0.2) is 5.78 Å². The summed E-state index contributed by atoms with van der Waals surface area (Å²) in [7, 11) is 0. The average Bonchev–Trinajstić information content (AvgIpc) is 3.99. The van der Waals surface area contributed by atoms with Gasteiger partial charge in [-0.1, -0.05) is 12.8 Å². The fourth-order valence-corrected chi connectivity index (χ4v) is 10.9. The number of pyridine rings is 2. The number of piperidine rings is 1. The summed E-state index contributed by atoms with van der Waals surface area (Å²) in [4.78, 5) is 106. The van der Waals surface area contributed by atoms with Crippen LogP contribution in [0.4, 0.5) is 27.9 Å². The second-order valence-corrected chi connectivity index (χ2v) is 18.8. The largest absolute Gasteiger partial charge is 0.369 e. The molecule has 0 spiro atoms. The van der Waals surface area contributed by atoms with Gasteiger partial charge in [-0.2, -0.15) is 4.98 Å². The number of Topliss-reactive ketones (excluding diaryl/α,β-unsaturated/α-hetero) is 1.